The molecule has 2 aromatic rings. The van der Waals surface area contributed by atoms with Crippen LogP contribution in [-0.4, -0.2) is 53.2 Å². The van der Waals surface area contributed by atoms with E-state index in [4.69, 9.17) is 26.2 Å². The van der Waals surface area contributed by atoms with Crippen LogP contribution in [0.4, 0.5) is 0 Å². The predicted octanol–water partition coefficient (Wildman–Crippen LogP) is 4.08. The molecule has 0 spiro atoms. The second-order valence-corrected chi connectivity index (χ2v) is 8.49. The molecule has 0 fully saturated rings. The van der Waals surface area contributed by atoms with Gasteiger partial charge in [-0.3, -0.25) is 9.58 Å². The van der Waals surface area contributed by atoms with Gasteiger partial charge in [0.2, 0.25) is 0 Å². The molecule has 168 valence electrons. The number of benzene rings is 1. The van der Waals surface area contributed by atoms with Gasteiger partial charge in [0.25, 0.3) is 0 Å². The summed E-state index contributed by atoms with van der Waals surface area (Å²) in [6.07, 6.45) is 6.42. The zero-order valence-corrected chi connectivity index (χ0v) is 19.5. The molecule has 6 nitrogen and oxygen atoms in total. The lowest BCUT2D eigenvalue weighted by molar-refractivity contribution is 0.0731. The van der Waals surface area contributed by atoms with Crippen molar-refractivity contribution >= 4 is 11.6 Å². The number of allylic oxidation sites excluding steroid dienone is 4. The van der Waals surface area contributed by atoms with E-state index >= 15 is 0 Å². The third kappa shape index (κ3) is 6.12. The average molecular weight is 446 g/mol. The molecule has 31 heavy (non-hydrogen) atoms. The van der Waals surface area contributed by atoms with Crippen LogP contribution in [0.2, 0.25) is 0 Å². The van der Waals surface area contributed by atoms with Crippen LogP contribution in [0.3, 0.4) is 0 Å². The quantitative estimate of drug-likeness (QED) is 0.597. The third-order valence-corrected chi connectivity index (χ3v) is 6.01. The maximum absolute atomic E-state index is 10.5. The standard InChI is InChI=1S/C24H32ClN3O3/c1-17-21(18(2)28(26-17)13-19-9-5-6-10-22(19)25)15-27(3)14-20(29)16-31-24-12-8-7-11-23(24)30-4/h5-8,10-12,19-20,29H,9,13-16H2,1-4H3. The number of aliphatic hydroxyl groups is 1. The highest BCUT2D eigenvalue weighted by atomic mass is 35.5. The summed E-state index contributed by atoms with van der Waals surface area (Å²) < 4.78 is 13.1. The van der Waals surface area contributed by atoms with Gasteiger partial charge >= 0.3 is 0 Å². The molecule has 0 saturated carbocycles. The zero-order valence-electron chi connectivity index (χ0n) is 18.7. The number of methoxy groups -OCH3 is 1. The second-order valence-electron chi connectivity index (χ2n) is 8.06. The van der Waals surface area contributed by atoms with Gasteiger partial charge in [0.15, 0.2) is 11.5 Å². The van der Waals surface area contributed by atoms with Crippen LogP contribution in [0, 0.1) is 19.8 Å². The van der Waals surface area contributed by atoms with E-state index in [9.17, 15) is 5.11 Å². The van der Waals surface area contributed by atoms with Crippen LogP contribution < -0.4 is 9.47 Å². The van der Waals surface area contributed by atoms with Gasteiger partial charge < -0.3 is 14.6 Å². The van der Waals surface area contributed by atoms with E-state index in [0.29, 0.717) is 24.6 Å². The topological polar surface area (TPSA) is 59.8 Å². The molecule has 1 aliphatic rings. The summed E-state index contributed by atoms with van der Waals surface area (Å²) in [7, 11) is 3.60. The summed E-state index contributed by atoms with van der Waals surface area (Å²) in [5.74, 6) is 1.55. The molecule has 1 N–H and O–H groups in total. The molecule has 1 aromatic heterocycles. The van der Waals surface area contributed by atoms with Crippen molar-refractivity contribution in [1.29, 1.82) is 0 Å². The molecule has 2 unspecified atom stereocenters. The highest BCUT2D eigenvalue weighted by Crippen LogP contribution is 2.27. The van der Waals surface area contributed by atoms with Crippen LogP contribution >= 0.6 is 11.6 Å². The molecule has 1 aromatic carbocycles. The van der Waals surface area contributed by atoms with Crippen molar-refractivity contribution in [2.24, 2.45) is 5.92 Å². The van der Waals surface area contributed by atoms with Crippen molar-refractivity contribution in [3.8, 4) is 11.5 Å². The number of para-hydroxylation sites is 2. The summed E-state index contributed by atoms with van der Waals surface area (Å²) >= 11 is 6.38. The number of aromatic nitrogens is 2. The van der Waals surface area contributed by atoms with Crippen molar-refractivity contribution < 1.29 is 14.6 Å². The lowest BCUT2D eigenvalue weighted by Gasteiger charge is -2.22. The van der Waals surface area contributed by atoms with Gasteiger partial charge in [-0.05, 0) is 45.5 Å². The highest BCUT2D eigenvalue weighted by molar-refractivity contribution is 6.30. The maximum Gasteiger partial charge on any atom is 0.161 e. The Morgan fingerprint density at radius 1 is 1.29 bits per heavy atom. The Labute approximate surface area is 189 Å². The van der Waals surface area contributed by atoms with Crippen molar-refractivity contribution in [1.82, 2.24) is 14.7 Å². The lowest BCUT2D eigenvalue weighted by Crippen LogP contribution is -2.33. The Morgan fingerprint density at radius 2 is 2.03 bits per heavy atom. The van der Waals surface area contributed by atoms with Crippen LogP contribution in [0.1, 0.15) is 23.4 Å². The largest absolute Gasteiger partial charge is 0.493 e. The number of hydrogen-bond acceptors (Lipinski definition) is 5. The first-order valence-electron chi connectivity index (χ1n) is 10.6. The molecular weight excluding hydrogens is 414 g/mol. The molecule has 0 saturated heterocycles. The normalized spacial score (nSPS) is 17.0. The number of likely N-dealkylation sites (N-methyl/N-ethyl adjacent to an activating group) is 1. The number of aryl methyl sites for hydroxylation is 1. The Hall–Kier alpha value is -2.28. The van der Waals surface area contributed by atoms with Crippen molar-refractivity contribution in [3.05, 3.63) is 64.5 Å². The molecule has 2 atom stereocenters. The van der Waals surface area contributed by atoms with E-state index in [1.807, 2.05) is 50.4 Å². The summed E-state index contributed by atoms with van der Waals surface area (Å²) in [6.45, 7) is 6.29. The van der Waals surface area contributed by atoms with Gasteiger partial charge in [0.1, 0.15) is 12.7 Å². The Balaban J connectivity index is 1.55. The van der Waals surface area contributed by atoms with Crippen LogP contribution in [0.5, 0.6) is 11.5 Å². The fraction of sp³-hybridized carbons (Fsp3) is 0.458. The van der Waals surface area contributed by atoms with E-state index in [1.54, 1.807) is 7.11 Å². The van der Waals surface area contributed by atoms with Crippen LogP contribution in [-0.2, 0) is 13.1 Å². The molecule has 1 aliphatic carbocycles. The highest BCUT2D eigenvalue weighted by Gasteiger charge is 2.20. The molecule has 1 heterocycles. The molecular formula is C24H32ClN3O3. The zero-order chi connectivity index (χ0) is 22.4. The maximum atomic E-state index is 10.5. The first kappa shape index (κ1) is 23.4. The number of ether oxygens (including phenoxy) is 2. The summed E-state index contributed by atoms with van der Waals surface area (Å²) in [4.78, 5) is 2.09. The van der Waals surface area contributed by atoms with E-state index in [2.05, 4.69) is 22.6 Å². The first-order chi connectivity index (χ1) is 14.9. The van der Waals surface area contributed by atoms with Gasteiger partial charge in [-0.1, -0.05) is 35.9 Å². The van der Waals surface area contributed by atoms with E-state index in [1.165, 1.54) is 5.56 Å². The third-order valence-electron chi connectivity index (χ3n) is 5.58. The van der Waals surface area contributed by atoms with Gasteiger partial charge in [-0.25, -0.2) is 0 Å². The van der Waals surface area contributed by atoms with Crippen molar-refractivity contribution in [2.45, 2.75) is 39.5 Å². The van der Waals surface area contributed by atoms with Crippen LogP contribution in [0.15, 0.2) is 47.5 Å². The molecule has 0 amide bonds. The Morgan fingerprint density at radius 3 is 2.74 bits per heavy atom. The van der Waals surface area contributed by atoms with Gasteiger partial charge in [-0.15, -0.1) is 0 Å². The molecule has 0 bridgehead atoms. The van der Waals surface area contributed by atoms with Gasteiger partial charge in [0.05, 0.1) is 12.8 Å². The molecule has 7 heteroatoms. The fourth-order valence-corrected chi connectivity index (χ4v) is 4.06. The summed E-state index contributed by atoms with van der Waals surface area (Å²) in [5.41, 5.74) is 3.34. The average Bonchev–Trinajstić information content (AvgIpc) is 3.01. The van der Waals surface area contributed by atoms with Crippen LogP contribution in [0.25, 0.3) is 0 Å². The minimum Gasteiger partial charge on any atom is -0.493 e. The van der Waals surface area contributed by atoms with E-state index in [-0.39, 0.29) is 12.5 Å². The SMILES string of the molecule is COc1ccccc1OCC(O)CN(C)Cc1c(C)nn(CC2CC=CC=C2Cl)c1C. The minimum absolute atomic E-state index is 0.196. The van der Waals surface area contributed by atoms with E-state index in [0.717, 1.165) is 29.4 Å². The Bertz CT molecular complexity index is 938. The minimum atomic E-state index is -0.622. The van der Waals surface area contributed by atoms with Gasteiger partial charge in [0, 0.05) is 41.8 Å². The predicted molar refractivity (Wildman–Crippen MR) is 124 cm³/mol. The smallest absolute Gasteiger partial charge is 0.161 e. The fourth-order valence-electron chi connectivity index (χ4n) is 3.83. The number of aliphatic hydroxyl groups excluding tert-OH is 1. The molecule has 3 rings (SSSR count). The number of halogens is 1. The first-order valence-corrected chi connectivity index (χ1v) is 10.9. The van der Waals surface area contributed by atoms with Crippen molar-refractivity contribution in [3.63, 3.8) is 0 Å². The Kier molecular flexibility index (Phi) is 8.18. The lowest BCUT2D eigenvalue weighted by atomic mass is 10.0. The molecule has 0 radical (unpaired) electrons. The van der Waals surface area contributed by atoms with Gasteiger partial charge in [-0.2, -0.15) is 5.10 Å². The van der Waals surface area contributed by atoms with E-state index < -0.39 is 6.10 Å². The summed E-state index contributed by atoms with van der Waals surface area (Å²) in [6, 6.07) is 7.44. The number of hydrogen-bond donors (Lipinski definition) is 1. The van der Waals surface area contributed by atoms with Crippen molar-refractivity contribution in [2.75, 3.05) is 27.3 Å². The number of nitrogens with zero attached hydrogens (tertiary/aromatic N) is 3. The monoisotopic (exact) mass is 445 g/mol. The molecule has 0 aliphatic heterocycles. The summed E-state index contributed by atoms with van der Waals surface area (Å²) in [5, 5.41) is 16.1. The second kappa shape index (κ2) is 10.8. The number of rotatable bonds is 10.